The molecular weight excluding hydrogens is 244 g/mol. The summed E-state index contributed by atoms with van der Waals surface area (Å²) < 4.78 is 10.4. The summed E-state index contributed by atoms with van der Waals surface area (Å²) in [5.74, 6) is 0.763. The van der Waals surface area contributed by atoms with Crippen LogP contribution in [0.4, 0.5) is 0 Å². The fourth-order valence-electron chi connectivity index (χ4n) is 2.48. The zero-order chi connectivity index (χ0) is 13.7. The molecule has 0 fully saturated rings. The van der Waals surface area contributed by atoms with Gasteiger partial charge in [-0.05, 0) is 49.3 Å². The lowest BCUT2D eigenvalue weighted by molar-refractivity contribution is -0.145. The molecule has 0 saturated carbocycles. The van der Waals surface area contributed by atoms with E-state index in [1.54, 1.807) is 6.92 Å². The number of carbonyl (C=O) groups is 1. The fourth-order valence-corrected chi connectivity index (χ4v) is 2.48. The lowest BCUT2D eigenvalue weighted by Gasteiger charge is -2.24. The molecule has 1 N–H and O–H groups in total. The van der Waals surface area contributed by atoms with Crippen molar-refractivity contribution in [3.63, 3.8) is 0 Å². The van der Waals surface area contributed by atoms with Gasteiger partial charge in [0.05, 0.1) is 6.61 Å². The Morgan fingerprint density at radius 3 is 3.05 bits per heavy atom. The number of fused-ring (bicyclic) bond motifs is 1. The highest BCUT2D eigenvalue weighted by Crippen LogP contribution is 2.31. The molecule has 1 aromatic carbocycles. The van der Waals surface area contributed by atoms with Crippen molar-refractivity contribution in [2.75, 3.05) is 19.8 Å². The molecule has 0 spiro atoms. The number of rotatable bonds is 5. The summed E-state index contributed by atoms with van der Waals surface area (Å²) in [6.45, 7) is 2.33. The van der Waals surface area contributed by atoms with Crippen molar-refractivity contribution in [3.05, 3.63) is 29.3 Å². The van der Waals surface area contributed by atoms with Gasteiger partial charge >= 0.3 is 5.97 Å². The van der Waals surface area contributed by atoms with E-state index in [-0.39, 0.29) is 19.2 Å². The predicted molar refractivity (Wildman–Crippen MR) is 71.2 cm³/mol. The first-order valence-corrected chi connectivity index (χ1v) is 6.74. The van der Waals surface area contributed by atoms with Gasteiger partial charge < -0.3 is 14.6 Å². The highest BCUT2D eigenvalue weighted by Gasteiger charge is 2.21. The Hall–Kier alpha value is -1.55. The molecule has 0 heterocycles. The molecule has 0 amide bonds. The summed E-state index contributed by atoms with van der Waals surface area (Å²) in [6.07, 6.45) is 2.73. The van der Waals surface area contributed by atoms with Gasteiger partial charge in [-0.15, -0.1) is 0 Å². The van der Waals surface area contributed by atoms with Crippen LogP contribution in [0.1, 0.15) is 24.5 Å². The molecule has 0 aliphatic heterocycles. The van der Waals surface area contributed by atoms with Crippen molar-refractivity contribution >= 4 is 5.97 Å². The van der Waals surface area contributed by atoms with Crippen LogP contribution in [0, 0.1) is 5.92 Å². The SMILES string of the molecule is CCOC(=O)COc1cccc2c1CCC(CO)C2. The Morgan fingerprint density at radius 1 is 1.47 bits per heavy atom. The van der Waals surface area contributed by atoms with Gasteiger partial charge in [-0.2, -0.15) is 0 Å². The highest BCUT2D eigenvalue weighted by molar-refractivity contribution is 5.71. The summed E-state index contributed by atoms with van der Waals surface area (Å²) in [7, 11) is 0. The van der Waals surface area contributed by atoms with Gasteiger partial charge in [-0.1, -0.05) is 12.1 Å². The maximum absolute atomic E-state index is 11.3. The first kappa shape index (κ1) is 13.9. The minimum absolute atomic E-state index is 0.0479. The second-order valence-electron chi connectivity index (χ2n) is 4.78. The topological polar surface area (TPSA) is 55.8 Å². The van der Waals surface area contributed by atoms with Gasteiger partial charge in [-0.3, -0.25) is 0 Å². The number of aliphatic hydroxyl groups excluding tert-OH is 1. The number of esters is 1. The minimum atomic E-state index is -0.343. The highest BCUT2D eigenvalue weighted by atomic mass is 16.6. The van der Waals surface area contributed by atoms with E-state index in [9.17, 15) is 9.90 Å². The van der Waals surface area contributed by atoms with Crippen LogP contribution in [0.3, 0.4) is 0 Å². The van der Waals surface area contributed by atoms with Gasteiger partial charge in [0.25, 0.3) is 0 Å². The minimum Gasteiger partial charge on any atom is -0.482 e. The van der Waals surface area contributed by atoms with Gasteiger partial charge in [-0.25, -0.2) is 4.79 Å². The van der Waals surface area contributed by atoms with Gasteiger partial charge in [0.1, 0.15) is 5.75 Å². The number of hydrogen-bond acceptors (Lipinski definition) is 4. The molecule has 1 aliphatic rings. The van der Waals surface area contributed by atoms with Crippen molar-refractivity contribution in [3.8, 4) is 5.75 Å². The molecule has 1 aromatic rings. The average molecular weight is 264 g/mol. The molecule has 1 aliphatic carbocycles. The summed E-state index contributed by atoms with van der Waals surface area (Å²) in [4.78, 5) is 11.3. The van der Waals surface area contributed by atoms with E-state index < -0.39 is 0 Å². The summed E-state index contributed by atoms with van der Waals surface area (Å²) in [5.41, 5.74) is 2.38. The van der Waals surface area contributed by atoms with Crippen LogP contribution < -0.4 is 4.74 Å². The standard InChI is InChI=1S/C15H20O4/c1-2-18-15(17)10-19-14-5-3-4-12-8-11(9-16)6-7-13(12)14/h3-5,11,16H,2,6-10H2,1H3. The number of hydrogen-bond donors (Lipinski definition) is 1. The molecule has 0 radical (unpaired) electrons. The van der Waals surface area contributed by atoms with Gasteiger partial charge in [0, 0.05) is 6.61 Å². The van der Waals surface area contributed by atoms with Crippen LogP contribution in [0.15, 0.2) is 18.2 Å². The summed E-state index contributed by atoms with van der Waals surface area (Å²) in [5, 5.41) is 9.23. The first-order chi connectivity index (χ1) is 9.24. The van der Waals surface area contributed by atoms with Crippen molar-refractivity contribution in [1.82, 2.24) is 0 Å². The largest absolute Gasteiger partial charge is 0.482 e. The van der Waals surface area contributed by atoms with Crippen LogP contribution >= 0.6 is 0 Å². The van der Waals surface area contributed by atoms with E-state index in [1.165, 1.54) is 5.56 Å². The molecular formula is C15H20O4. The Kier molecular flexibility index (Phi) is 4.80. The van der Waals surface area contributed by atoms with E-state index in [1.807, 2.05) is 12.1 Å². The number of benzene rings is 1. The van der Waals surface area contributed by atoms with E-state index in [0.29, 0.717) is 12.5 Å². The second kappa shape index (κ2) is 6.57. The number of ether oxygens (including phenoxy) is 2. The monoisotopic (exact) mass is 264 g/mol. The van der Waals surface area contributed by atoms with Crippen molar-refractivity contribution in [1.29, 1.82) is 0 Å². The summed E-state index contributed by atoms with van der Waals surface area (Å²) >= 11 is 0. The van der Waals surface area contributed by atoms with E-state index in [2.05, 4.69) is 6.07 Å². The van der Waals surface area contributed by atoms with Crippen LogP contribution in [0.5, 0.6) is 5.75 Å². The maximum Gasteiger partial charge on any atom is 0.344 e. The molecule has 104 valence electrons. The number of aliphatic hydroxyl groups is 1. The predicted octanol–water partition coefficient (Wildman–Crippen LogP) is 1.73. The Morgan fingerprint density at radius 2 is 2.32 bits per heavy atom. The third-order valence-corrected chi connectivity index (χ3v) is 3.45. The quantitative estimate of drug-likeness (QED) is 0.823. The summed E-state index contributed by atoms with van der Waals surface area (Å²) in [6, 6.07) is 5.88. The van der Waals surface area contributed by atoms with Crippen LogP contribution in [0.2, 0.25) is 0 Å². The zero-order valence-electron chi connectivity index (χ0n) is 11.2. The maximum atomic E-state index is 11.3. The molecule has 2 rings (SSSR count). The Balaban J connectivity index is 2.04. The lowest BCUT2D eigenvalue weighted by atomic mass is 9.84. The number of carbonyl (C=O) groups excluding carboxylic acids is 1. The molecule has 1 atom stereocenters. The average Bonchev–Trinajstić information content (AvgIpc) is 2.44. The van der Waals surface area contributed by atoms with Crippen molar-refractivity contribution in [2.45, 2.75) is 26.2 Å². The van der Waals surface area contributed by atoms with Gasteiger partial charge in [0.15, 0.2) is 6.61 Å². The van der Waals surface area contributed by atoms with Crippen LogP contribution in [0.25, 0.3) is 0 Å². The molecule has 0 bridgehead atoms. The second-order valence-corrected chi connectivity index (χ2v) is 4.78. The van der Waals surface area contributed by atoms with Crippen molar-refractivity contribution in [2.24, 2.45) is 5.92 Å². The lowest BCUT2D eigenvalue weighted by Crippen LogP contribution is -2.20. The van der Waals surface area contributed by atoms with E-state index in [0.717, 1.165) is 30.6 Å². The third kappa shape index (κ3) is 3.47. The molecule has 1 unspecified atom stereocenters. The molecule has 0 aromatic heterocycles. The molecule has 19 heavy (non-hydrogen) atoms. The van der Waals surface area contributed by atoms with Crippen LogP contribution in [-0.4, -0.2) is 30.9 Å². The van der Waals surface area contributed by atoms with E-state index in [4.69, 9.17) is 9.47 Å². The smallest absolute Gasteiger partial charge is 0.344 e. The third-order valence-electron chi connectivity index (χ3n) is 3.45. The van der Waals surface area contributed by atoms with E-state index >= 15 is 0 Å². The molecule has 4 nitrogen and oxygen atoms in total. The molecule has 4 heteroatoms. The normalized spacial score (nSPS) is 17.7. The zero-order valence-corrected chi connectivity index (χ0v) is 11.2. The Bertz CT molecular complexity index is 442. The van der Waals surface area contributed by atoms with Crippen LogP contribution in [-0.2, 0) is 22.4 Å². The fraction of sp³-hybridized carbons (Fsp3) is 0.533. The van der Waals surface area contributed by atoms with Crippen molar-refractivity contribution < 1.29 is 19.4 Å². The Labute approximate surface area is 113 Å². The van der Waals surface area contributed by atoms with Gasteiger partial charge in [0.2, 0.25) is 0 Å². The molecule has 0 saturated heterocycles. The first-order valence-electron chi connectivity index (χ1n) is 6.74.